The summed E-state index contributed by atoms with van der Waals surface area (Å²) in [5, 5.41) is 8.36. The molecule has 2 aliphatic heterocycles. The maximum atomic E-state index is 2.93. The van der Waals surface area contributed by atoms with Crippen molar-refractivity contribution in [2.24, 2.45) is 35.5 Å². The van der Waals surface area contributed by atoms with E-state index in [0.717, 1.165) is 35.5 Å². The first-order chi connectivity index (χ1) is 39.1. The SMILES string of the molecule is CC(C)(C)c1ccc(N2c3cc(-c4ccccc4)cc4c3B(c3c2ccc2c3sc3cc5ccccc5cc32)n2c3ccc(C56CC7CC(CC(C7)C5)C6)cc3c3cc(C56CC7CC(CC(C7)C5)C6)cc-4c32)c(-c2ccccc2)c1. The molecule has 0 unspecified atom stereocenters. The van der Waals surface area contributed by atoms with E-state index in [2.05, 4.69) is 200 Å². The molecule has 21 rings (SSSR count). The Labute approximate surface area is 475 Å². The van der Waals surface area contributed by atoms with Crippen molar-refractivity contribution in [2.45, 2.75) is 114 Å². The fourth-order valence-electron chi connectivity index (χ4n) is 20.2. The molecular weight excluding hydrogens is 984 g/mol. The van der Waals surface area contributed by atoms with Gasteiger partial charge in [0.15, 0.2) is 0 Å². The van der Waals surface area contributed by atoms with Crippen molar-refractivity contribution in [3.8, 4) is 33.4 Å². The highest BCUT2D eigenvalue weighted by molar-refractivity contribution is 7.27. The molecule has 9 aromatic carbocycles. The van der Waals surface area contributed by atoms with Gasteiger partial charge in [0.05, 0.1) is 5.69 Å². The van der Waals surface area contributed by atoms with Gasteiger partial charge in [-0.05, 0) is 256 Å². The normalized spacial score (nSPS) is 26.6. The predicted molar refractivity (Wildman–Crippen MR) is 340 cm³/mol. The maximum Gasteiger partial charge on any atom is 0.334 e. The Kier molecular flexibility index (Phi) is 9.15. The number of aromatic nitrogens is 1. The highest BCUT2D eigenvalue weighted by Gasteiger charge is 2.54. The van der Waals surface area contributed by atoms with E-state index in [-0.39, 0.29) is 17.7 Å². The highest BCUT2D eigenvalue weighted by Crippen LogP contribution is 2.64. The molecule has 0 radical (unpaired) electrons. The third kappa shape index (κ3) is 6.33. The Bertz CT molecular complexity index is 4420. The van der Waals surface area contributed by atoms with Gasteiger partial charge in [-0.25, -0.2) is 0 Å². The second-order valence-corrected chi connectivity index (χ2v) is 29.6. The van der Waals surface area contributed by atoms with Gasteiger partial charge in [0.25, 0.3) is 0 Å². The average Bonchev–Trinajstić information content (AvgIpc) is 4.11. The second-order valence-electron chi connectivity index (χ2n) is 28.5. The third-order valence-corrected chi connectivity index (χ3v) is 24.0. The van der Waals surface area contributed by atoms with E-state index < -0.39 is 0 Å². The van der Waals surface area contributed by atoms with E-state index >= 15 is 0 Å². The van der Waals surface area contributed by atoms with Gasteiger partial charge in [0, 0.05) is 64.5 Å². The van der Waals surface area contributed by atoms with Gasteiger partial charge in [-0.1, -0.05) is 124 Å². The third-order valence-electron chi connectivity index (χ3n) is 22.8. The summed E-state index contributed by atoms with van der Waals surface area (Å²) < 4.78 is 5.70. The summed E-state index contributed by atoms with van der Waals surface area (Å²) >= 11 is 2.03. The molecule has 390 valence electrons. The smallest absolute Gasteiger partial charge is 0.334 e. The van der Waals surface area contributed by atoms with Crippen LogP contribution in [-0.4, -0.2) is 11.3 Å². The maximum absolute atomic E-state index is 2.93. The number of fused-ring (bicyclic) bond motifs is 12. The Morgan fingerprint density at radius 1 is 0.438 bits per heavy atom. The summed E-state index contributed by atoms with van der Waals surface area (Å²) in [4.78, 5) is 2.74. The molecule has 4 heteroatoms. The zero-order valence-corrected chi connectivity index (χ0v) is 47.3. The van der Waals surface area contributed by atoms with Crippen molar-refractivity contribution >= 4 is 98.9 Å². The summed E-state index contributed by atoms with van der Waals surface area (Å²) in [7, 11) is 0. The molecular formula is C76H67BN2S. The first kappa shape index (κ1) is 45.8. The first-order valence-electron chi connectivity index (χ1n) is 30.8. The number of hydrogen-bond donors (Lipinski definition) is 0. The van der Waals surface area contributed by atoms with Gasteiger partial charge in [-0.3, -0.25) is 0 Å². The topological polar surface area (TPSA) is 8.17 Å². The lowest BCUT2D eigenvalue weighted by Gasteiger charge is -2.57. The summed E-state index contributed by atoms with van der Waals surface area (Å²) in [5.41, 5.74) is 22.7. The molecule has 8 bridgehead atoms. The zero-order valence-electron chi connectivity index (χ0n) is 46.5. The predicted octanol–water partition coefficient (Wildman–Crippen LogP) is 19.3. The van der Waals surface area contributed by atoms with E-state index in [9.17, 15) is 0 Å². The molecule has 0 atom stereocenters. The fraction of sp³-hybridized carbons (Fsp3) is 0.316. The first-order valence-corrected chi connectivity index (χ1v) is 31.6. The van der Waals surface area contributed by atoms with Crippen LogP contribution in [0.5, 0.6) is 0 Å². The quantitative estimate of drug-likeness (QED) is 0.156. The van der Waals surface area contributed by atoms with Crippen LogP contribution in [0, 0.1) is 35.5 Å². The van der Waals surface area contributed by atoms with Crippen LogP contribution in [0.4, 0.5) is 17.1 Å². The molecule has 0 N–H and O–H groups in total. The molecule has 2 nitrogen and oxygen atoms in total. The minimum atomic E-state index is -0.0560. The molecule has 10 aliphatic rings. The van der Waals surface area contributed by atoms with Crippen molar-refractivity contribution in [1.29, 1.82) is 0 Å². The Balaban J connectivity index is 0.963. The van der Waals surface area contributed by atoms with Crippen LogP contribution in [0.2, 0.25) is 0 Å². The van der Waals surface area contributed by atoms with Crippen molar-refractivity contribution in [3.05, 3.63) is 187 Å². The fourth-order valence-corrected chi connectivity index (χ4v) is 21.5. The van der Waals surface area contributed by atoms with Gasteiger partial charge in [-0.2, -0.15) is 0 Å². The van der Waals surface area contributed by atoms with Gasteiger partial charge >= 0.3 is 6.85 Å². The lowest BCUT2D eigenvalue weighted by molar-refractivity contribution is -0.00527. The Morgan fingerprint density at radius 2 is 1.04 bits per heavy atom. The van der Waals surface area contributed by atoms with Crippen molar-refractivity contribution in [2.75, 3.05) is 4.90 Å². The van der Waals surface area contributed by atoms with Crippen LogP contribution in [0.1, 0.15) is 115 Å². The van der Waals surface area contributed by atoms with Crippen molar-refractivity contribution in [1.82, 2.24) is 4.48 Å². The Hall–Kier alpha value is -6.88. The number of anilines is 3. The molecule has 80 heavy (non-hydrogen) atoms. The van der Waals surface area contributed by atoms with Crippen molar-refractivity contribution in [3.63, 3.8) is 0 Å². The van der Waals surface area contributed by atoms with Crippen LogP contribution in [0.3, 0.4) is 0 Å². The molecule has 2 aromatic heterocycles. The van der Waals surface area contributed by atoms with Crippen LogP contribution < -0.4 is 15.8 Å². The summed E-state index contributed by atoms with van der Waals surface area (Å²) in [6.45, 7) is 7.03. The van der Waals surface area contributed by atoms with E-state index in [1.165, 1.54) is 197 Å². The van der Waals surface area contributed by atoms with Crippen LogP contribution >= 0.6 is 11.3 Å². The van der Waals surface area contributed by atoms with Gasteiger partial charge in [0.1, 0.15) is 0 Å². The van der Waals surface area contributed by atoms with E-state index in [0.29, 0.717) is 5.41 Å². The van der Waals surface area contributed by atoms with Gasteiger partial charge in [0.2, 0.25) is 0 Å². The summed E-state index contributed by atoms with van der Waals surface area (Å²) in [6, 6.07) is 68.0. The lowest BCUT2D eigenvalue weighted by atomic mass is 9.44. The van der Waals surface area contributed by atoms with Gasteiger partial charge < -0.3 is 9.38 Å². The largest absolute Gasteiger partial charge is 0.375 e. The van der Waals surface area contributed by atoms with E-state index in [4.69, 9.17) is 0 Å². The second kappa shape index (κ2) is 16.0. The molecule has 0 amide bonds. The minimum absolute atomic E-state index is 0.0271. The molecule has 11 aromatic rings. The minimum Gasteiger partial charge on any atom is -0.375 e. The number of rotatable bonds is 5. The summed E-state index contributed by atoms with van der Waals surface area (Å²) in [6.07, 6.45) is 17.0. The number of hydrogen-bond acceptors (Lipinski definition) is 2. The molecule has 8 saturated carbocycles. The molecule has 0 spiro atoms. The lowest BCUT2D eigenvalue weighted by Crippen LogP contribution is -2.57. The van der Waals surface area contributed by atoms with E-state index in [1.54, 1.807) is 11.1 Å². The average molecular weight is 1050 g/mol. The molecule has 4 heterocycles. The zero-order chi connectivity index (χ0) is 52.5. The van der Waals surface area contributed by atoms with Crippen LogP contribution in [0.15, 0.2) is 170 Å². The number of thiophene rings is 1. The molecule has 0 saturated heterocycles. The number of benzene rings is 9. The van der Waals surface area contributed by atoms with Crippen LogP contribution in [-0.2, 0) is 16.2 Å². The molecule has 8 aliphatic carbocycles. The Morgan fingerprint density at radius 3 is 1.70 bits per heavy atom. The van der Waals surface area contributed by atoms with Crippen molar-refractivity contribution < 1.29 is 0 Å². The standard InChI is InChI=1S/C76H67BN2S/c1-74(2,3)55-18-21-65(59(34-55)51-14-8-5-9-15-51)78-67-23-20-58-61-30-52-16-10-11-17-53(52)33-69(61)80-73(58)71(67)77-70-62(31-54(32-68(70)78)50-12-6-4-7-13-50)64-37-57(76-41-47-27-48(42-76)29-49(28-47)43-76)36-63-60-35-56(19-22-66(60)79(77)72(63)64)75-38-44-24-45(39-75)26-46(25-44)40-75/h4-23,30-37,44-49H,24-29,38-43H2,1-3H3. The van der Waals surface area contributed by atoms with Gasteiger partial charge in [-0.15, -0.1) is 11.3 Å². The monoisotopic (exact) mass is 1050 g/mol. The summed E-state index contributed by atoms with van der Waals surface area (Å²) in [5.74, 6) is 5.30. The molecule has 8 fully saturated rings. The van der Waals surface area contributed by atoms with Crippen LogP contribution in [0.25, 0.3) is 86.1 Å². The number of nitrogens with zero attached hydrogens (tertiary/aromatic N) is 2. The highest BCUT2D eigenvalue weighted by atomic mass is 32.1. The van der Waals surface area contributed by atoms with E-state index in [1.807, 2.05) is 11.3 Å².